The van der Waals surface area contributed by atoms with Crippen LogP contribution in [-0.4, -0.2) is 21.4 Å². The minimum absolute atomic E-state index is 0.172. The van der Waals surface area contributed by atoms with Crippen LogP contribution in [0.15, 0.2) is 16.6 Å². The van der Waals surface area contributed by atoms with Crippen LogP contribution in [0.3, 0.4) is 0 Å². The minimum Gasteiger partial charge on any atom is -0.360 e. The first kappa shape index (κ1) is 12.9. The molecule has 0 aromatic carbocycles. The third-order valence-corrected chi connectivity index (χ3v) is 4.57. The minimum atomic E-state index is 0.172. The number of aromatic nitrogens is 1. The largest absolute Gasteiger partial charge is 0.360 e. The Morgan fingerprint density at radius 3 is 3.00 bits per heavy atom. The van der Waals surface area contributed by atoms with Gasteiger partial charge in [-0.25, -0.2) is 4.98 Å². The van der Waals surface area contributed by atoms with Crippen molar-refractivity contribution in [1.82, 2.24) is 10.3 Å². The van der Waals surface area contributed by atoms with Crippen molar-refractivity contribution in [2.45, 2.75) is 45.2 Å². The van der Waals surface area contributed by atoms with Crippen LogP contribution in [0.25, 0.3) is 0 Å². The van der Waals surface area contributed by atoms with Crippen LogP contribution in [0.5, 0.6) is 0 Å². The molecule has 94 valence electrons. The SMILES string of the molecule is CCC(N=C1NC(C)(C)CCS1)c1nccs1. The van der Waals surface area contributed by atoms with Crippen molar-refractivity contribution in [3.8, 4) is 0 Å². The summed E-state index contributed by atoms with van der Waals surface area (Å²) >= 11 is 3.51. The molecule has 0 amide bonds. The lowest BCUT2D eigenvalue weighted by Gasteiger charge is -2.32. The molecule has 1 fully saturated rings. The highest BCUT2D eigenvalue weighted by atomic mass is 32.2. The van der Waals surface area contributed by atoms with E-state index in [-0.39, 0.29) is 11.6 Å². The van der Waals surface area contributed by atoms with E-state index in [0.717, 1.165) is 22.3 Å². The zero-order valence-corrected chi connectivity index (χ0v) is 12.2. The Morgan fingerprint density at radius 2 is 2.41 bits per heavy atom. The van der Waals surface area contributed by atoms with Gasteiger partial charge in [0.15, 0.2) is 5.17 Å². The van der Waals surface area contributed by atoms with Crippen molar-refractivity contribution >= 4 is 28.3 Å². The fraction of sp³-hybridized carbons (Fsp3) is 0.667. The van der Waals surface area contributed by atoms with Crippen LogP contribution in [-0.2, 0) is 0 Å². The molecule has 2 heterocycles. The van der Waals surface area contributed by atoms with E-state index < -0.39 is 0 Å². The Balaban J connectivity index is 2.11. The van der Waals surface area contributed by atoms with Crippen molar-refractivity contribution < 1.29 is 0 Å². The van der Waals surface area contributed by atoms with Gasteiger partial charge in [0.25, 0.3) is 0 Å². The molecule has 1 aromatic rings. The molecular weight excluding hydrogens is 250 g/mol. The average molecular weight is 269 g/mol. The summed E-state index contributed by atoms with van der Waals surface area (Å²) in [6.07, 6.45) is 4.04. The molecule has 0 saturated carbocycles. The summed E-state index contributed by atoms with van der Waals surface area (Å²) in [7, 11) is 0. The molecule has 1 aliphatic heterocycles. The number of nitrogens with one attached hydrogen (secondary N) is 1. The summed E-state index contributed by atoms with van der Waals surface area (Å²) in [6.45, 7) is 6.62. The Bertz CT molecular complexity index is 384. The lowest BCUT2D eigenvalue weighted by molar-refractivity contribution is 0.445. The summed E-state index contributed by atoms with van der Waals surface area (Å²) in [4.78, 5) is 9.17. The van der Waals surface area contributed by atoms with Gasteiger partial charge < -0.3 is 5.32 Å². The van der Waals surface area contributed by atoms with Crippen LogP contribution in [0.1, 0.15) is 44.7 Å². The Hall–Kier alpha value is -0.550. The number of amidine groups is 1. The van der Waals surface area contributed by atoms with E-state index in [0.29, 0.717) is 0 Å². The molecule has 0 aliphatic carbocycles. The van der Waals surface area contributed by atoms with Gasteiger partial charge in [-0.1, -0.05) is 18.7 Å². The van der Waals surface area contributed by atoms with Crippen LogP contribution in [0.4, 0.5) is 0 Å². The maximum atomic E-state index is 4.81. The molecule has 2 rings (SSSR count). The van der Waals surface area contributed by atoms with Gasteiger partial charge in [0.2, 0.25) is 0 Å². The number of rotatable bonds is 3. The molecule has 1 atom stereocenters. The number of hydrogen-bond acceptors (Lipinski definition) is 4. The molecule has 1 saturated heterocycles. The summed E-state index contributed by atoms with van der Waals surface area (Å²) < 4.78 is 0. The standard InChI is InChI=1S/C12H19N3S2/c1-4-9(10-13-6-8-16-10)14-11-15-12(2,3)5-7-17-11/h6,8-9H,4-5,7H2,1-3H3,(H,14,15). The lowest BCUT2D eigenvalue weighted by Crippen LogP contribution is -2.46. The third-order valence-electron chi connectivity index (χ3n) is 2.81. The van der Waals surface area contributed by atoms with Crippen LogP contribution < -0.4 is 5.32 Å². The maximum absolute atomic E-state index is 4.81. The molecule has 5 heteroatoms. The highest BCUT2D eigenvalue weighted by Gasteiger charge is 2.25. The monoisotopic (exact) mass is 269 g/mol. The maximum Gasteiger partial charge on any atom is 0.157 e. The van der Waals surface area contributed by atoms with Gasteiger partial charge in [0.05, 0.1) is 0 Å². The van der Waals surface area contributed by atoms with Crippen molar-refractivity contribution in [2.24, 2.45) is 4.99 Å². The molecule has 0 radical (unpaired) electrons. The topological polar surface area (TPSA) is 37.3 Å². The van der Waals surface area contributed by atoms with E-state index in [1.165, 1.54) is 6.42 Å². The van der Waals surface area contributed by atoms with Gasteiger partial charge in [0.1, 0.15) is 11.0 Å². The van der Waals surface area contributed by atoms with Crippen molar-refractivity contribution in [2.75, 3.05) is 5.75 Å². The molecule has 1 unspecified atom stereocenters. The molecule has 0 spiro atoms. The number of hydrogen-bond donors (Lipinski definition) is 1. The highest BCUT2D eigenvalue weighted by molar-refractivity contribution is 8.13. The Labute approximate surface area is 111 Å². The number of thioether (sulfide) groups is 1. The first-order valence-electron chi connectivity index (χ1n) is 5.99. The third kappa shape index (κ3) is 3.45. The Kier molecular flexibility index (Phi) is 4.09. The zero-order valence-electron chi connectivity index (χ0n) is 10.6. The second kappa shape index (κ2) is 5.40. The predicted molar refractivity (Wildman–Crippen MR) is 76.9 cm³/mol. The van der Waals surface area contributed by atoms with E-state index in [2.05, 4.69) is 31.1 Å². The average Bonchev–Trinajstić information content (AvgIpc) is 2.78. The predicted octanol–water partition coefficient (Wildman–Crippen LogP) is 3.46. The van der Waals surface area contributed by atoms with Gasteiger partial charge in [-0.15, -0.1) is 11.3 Å². The normalized spacial score (nSPS) is 23.4. The fourth-order valence-corrected chi connectivity index (χ4v) is 3.84. The van der Waals surface area contributed by atoms with E-state index in [1.54, 1.807) is 11.3 Å². The van der Waals surface area contributed by atoms with E-state index in [9.17, 15) is 0 Å². The second-order valence-corrected chi connectivity index (χ2v) is 6.85. The molecule has 1 aliphatic rings. The van der Waals surface area contributed by atoms with E-state index >= 15 is 0 Å². The first-order chi connectivity index (χ1) is 8.11. The summed E-state index contributed by atoms with van der Waals surface area (Å²) in [6, 6.07) is 0.207. The number of nitrogens with zero attached hydrogens (tertiary/aromatic N) is 2. The highest BCUT2D eigenvalue weighted by Crippen LogP contribution is 2.27. The van der Waals surface area contributed by atoms with Crippen LogP contribution >= 0.6 is 23.1 Å². The molecule has 1 aromatic heterocycles. The molecule has 17 heavy (non-hydrogen) atoms. The number of thiazole rings is 1. The zero-order chi connectivity index (χ0) is 12.3. The van der Waals surface area contributed by atoms with E-state index in [1.807, 2.05) is 23.3 Å². The van der Waals surface area contributed by atoms with Crippen LogP contribution in [0, 0.1) is 0 Å². The van der Waals surface area contributed by atoms with Crippen molar-refractivity contribution in [3.63, 3.8) is 0 Å². The summed E-state index contributed by atoms with van der Waals surface area (Å²) in [5.41, 5.74) is 0.172. The molecule has 0 bridgehead atoms. The summed E-state index contributed by atoms with van der Waals surface area (Å²) in [5.74, 6) is 1.15. The lowest BCUT2D eigenvalue weighted by atomic mass is 10.0. The van der Waals surface area contributed by atoms with Crippen molar-refractivity contribution in [1.29, 1.82) is 0 Å². The van der Waals surface area contributed by atoms with Gasteiger partial charge in [-0.05, 0) is 26.7 Å². The van der Waals surface area contributed by atoms with Crippen LogP contribution in [0.2, 0.25) is 0 Å². The quantitative estimate of drug-likeness (QED) is 0.913. The first-order valence-corrected chi connectivity index (χ1v) is 7.85. The van der Waals surface area contributed by atoms with Gasteiger partial charge >= 0.3 is 0 Å². The smallest absolute Gasteiger partial charge is 0.157 e. The van der Waals surface area contributed by atoms with Gasteiger partial charge in [0, 0.05) is 22.9 Å². The van der Waals surface area contributed by atoms with Gasteiger partial charge in [-0.2, -0.15) is 0 Å². The van der Waals surface area contributed by atoms with Gasteiger partial charge in [-0.3, -0.25) is 4.99 Å². The Morgan fingerprint density at radius 1 is 1.59 bits per heavy atom. The molecule has 3 nitrogen and oxygen atoms in total. The fourth-order valence-electron chi connectivity index (χ4n) is 1.72. The number of aliphatic imine (C=N–C) groups is 1. The summed E-state index contributed by atoms with van der Waals surface area (Å²) in [5, 5.41) is 7.72. The van der Waals surface area contributed by atoms with Crippen molar-refractivity contribution in [3.05, 3.63) is 16.6 Å². The van der Waals surface area contributed by atoms with E-state index in [4.69, 9.17) is 4.99 Å². The molecule has 1 N–H and O–H groups in total. The molecular formula is C12H19N3S2. The second-order valence-electron chi connectivity index (χ2n) is 4.84.